The summed E-state index contributed by atoms with van der Waals surface area (Å²) in [5, 5.41) is 0. The predicted octanol–water partition coefficient (Wildman–Crippen LogP) is 1.40. The molecule has 3 fully saturated rings. The summed E-state index contributed by atoms with van der Waals surface area (Å²) in [7, 11) is -0.909. The first-order chi connectivity index (χ1) is 3.71. The Kier molecular flexibility index (Phi) is 0.795. The van der Waals surface area contributed by atoms with Crippen LogP contribution in [0.3, 0.4) is 0 Å². The van der Waals surface area contributed by atoms with Crippen molar-refractivity contribution < 1.29 is 13.6 Å². The summed E-state index contributed by atoms with van der Waals surface area (Å²) in [5.74, 6) is -0.397. The Labute approximate surface area is 48.9 Å². The largest absolute Gasteiger partial charge is 0.338 e. The topological polar surface area (TPSA) is 27.7 Å². The molecule has 0 amide bonds. The molecule has 0 aromatic heterocycles. The highest BCUT2D eigenvalue weighted by molar-refractivity contribution is 7.43. The zero-order chi connectivity index (χ0) is 5.78. The van der Waals surface area contributed by atoms with E-state index in [0.717, 1.165) is 0 Å². The molecule has 1 atom stereocenters. The summed E-state index contributed by atoms with van der Waals surface area (Å²) >= 11 is 0. The van der Waals surface area contributed by atoms with Gasteiger partial charge in [-0.2, -0.15) is 0 Å². The second-order valence-corrected chi connectivity index (χ2v) is 3.19. The van der Waals surface area contributed by atoms with Crippen molar-refractivity contribution in [3.63, 3.8) is 0 Å². The van der Waals surface area contributed by atoms with Crippen LogP contribution in [0, 0.1) is 0 Å². The number of rotatable bonds is 0. The maximum Gasteiger partial charge on any atom is 0.338 e. The smallest absolute Gasteiger partial charge is 0.303 e. The lowest BCUT2D eigenvalue weighted by Crippen LogP contribution is -2.38. The van der Waals surface area contributed by atoms with E-state index in [4.69, 9.17) is 13.6 Å². The molecule has 0 aromatic rings. The molecule has 3 aliphatic heterocycles. The van der Waals surface area contributed by atoms with Crippen molar-refractivity contribution in [1.82, 2.24) is 0 Å². The van der Waals surface area contributed by atoms with Crippen LogP contribution in [-0.2, 0) is 13.6 Å². The van der Waals surface area contributed by atoms with E-state index in [1.165, 1.54) is 0 Å². The van der Waals surface area contributed by atoms with E-state index in [2.05, 4.69) is 0 Å². The maximum atomic E-state index is 5.17. The van der Waals surface area contributed by atoms with Crippen LogP contribution in [0.5, 0.6) is 0 Å². The molecule has 1 unspecified atom stereocenters. The van der Waals surface area contributed by atoms with Gasteiger partial charge >= 0.3 is 8.60 Å². The van der Waals surface area contributed by atoms with Crippen molar-refractivity contribution in [2.24, 2.45) is 0 Å². The number of hydrogen-bond acceptors (Lipinski definition) is 3. The van der Waals surface area contributed by atoms with E-state index >= 15 is 0 Å². The number of fused-ring (bicyclic) bond motifs is 1. The second kappa shape index (κ2) is 1.24. The van der Waals surface area contributed by atoms with Gasteiger partial charge in [0.15, 0.2) is 0 Å². The molecule has 3 aliphatic rings. The quantitative estimate of drug-likeness (QED) is 0.468. The third-order valence-electron chi connectivity index (χ3n) is 1.49. The highest BCUT2D eigenvalue weighted by Crippen LogP contribution is 2.67. The molecule has 3 saturated heterocycles. The van der Waals surface area contributed by atoms with E-state index in [-0.39, 0.29) is 6.10 Å². The van der Waals surface area contributed by atoms with E-state index in [1.807, 2.05) is 13.8 Å². The Bertz CT molecular complexity index is 118. The monoisotopic (exact) mass is 134 g/mol. The third kappa shape index (κ3) is 0.431. The van der Waals surface area contributed by atoms with E-state index < -0.39 is 14.4 Å². The first kappa shape index (κ1) is 5.12. The molecule has 3 rings (SSSR count). The average Bonchev–Trinajstić information content (AvgIpc) is 1.90. The van der Waals surface area contributed by atoms with Crippen LogP contribution in [0.2, 0.25) is 0 Å². The van der Waals surface area contributed by atoms with Gasteiger partial charge in [0.2, 0.25) is 5.79 Å². The zero-order valence-corrected chi connectivity index (χ0v) is 5.64. The van der Waals surface area contributed by atoms with Crippen LogP contribution >= 0.6 is 8.60 Å². The lowest BCUT2D eigenvalue weighted by molar-refractivity contribution is -0.152. The summed E-state index contributed by atoms with van der Waals surface area (Å²) in [6.45, 7) is 3.85. The van der Waals surface area contributed by atoms with Gasteiger partial charge in [0.1, 0.15) is 6.10 Å². The van der Waals surface area contributed by atoms with Crippen molar-refractivity contribution in [2.45, 2.75) is 25.7 Å². The Hall–Kier alpha value is 0.310. The first-order valence-corrected chi connectivity index (χ1v) is 3.65. The Balaban J connectivity index is 2.21. The van der Waals surface area contributed by atoms with Crippen molar-refractivity contribution in [3.05, 3.63) is 0 Å². The minimum atomic E-state index is -0.909. The van der Waals surface area contributed by atoms with Gasteiger partial charge in [-0.05, 0) is 13.8 Å². The fourth-order valence-corrected chi connectivity index (χ4v) is 2.16. The van der Waals surface area contributed by atoms with E-state index in [1.54, 1.807) is 0 Å². The number of hydrogen-bond donors (Lipinski definition) is 0. The zero-order valence-electron chi connectivity index (χ0n) is 4.75. The summed E-state index contributed by atoms with van der Waals surface area (Å²) in [4.78, 5) is 0. The SMILES string of the molecule is CC1OP2OC1(C)O2. The predicted molar refractivity (Wildman–Crippen MR) is 28.0 cm³/mol. The van der Waals surface area contributed by atoms with E-state index in [0.29, 0.717) is 0 Å². The first-order valence-electron chi connectivity index (χ1n) is 2.56. The lowest BCUT2D eigenvalue weighted by atomic mass is 10.2. The van der Waals surface area contributed by atoms with Gasteiger partial charge in [-0.3, -0.25) is 9.05 Å². The van der Waals surface area contributed by atoms with Crippen molar-refractivity contribution in [2.75, 3.05) is 0 Å². The van der Waals surface area contributed by atoms with Gasteiger partial charge in [0, 0.05) is 0 Å². The minimum Gasteiger partial charge on any atom is -0.303 e. The van der Waals surface area contributed by atoms with Crippen LogP contribution in [0.25, 0.3) is 0 Å². The molecule has 0 aliphatic carbocycles. The van der Waals surface area contributed by atoms with Gasteiger partial charge in [-0.25, -0.2) is 0 Å². The molecule has 0 saturated carbocycles. The average molecular weight is 134 g/mol. The summed E-state index contributed by atoms with van der Waals surface area (Å²) < 4.78 is 15.5. The summed E-state index contributed by atoms with van der Waals surface area (Å²) in [6, 6.07) is 0. The van der Waals surface area contributed by atoms with Gasteiger partial charge in [0.05, 0.1) is 0 Å². The summed E-state index contributed by atoms with van der Waals surface area (Å²) in [5.41, 5.74) is 0. The fourth-order valence-electron chi connectivity index (χ4n) is 0.719. The molecule has 0 spiro atoms. The van der Waals surface area contributed by atoms with Crippen LogP contribution < -0.4 is 0 Å². The Morgan fingerprint density at radius 2 is 2.12 bits per heavy atom. The highest BCUT2D eigenvalue weighted by atomic mass is 31.2. The molecule has 2 bridgehead atoms. The third-order valence-corrected chi connectivity index (χ3v) is 3.01. The lowest BCUT2D eigenvalue weighted by Gasteiger charge is -2.31. The minimum absolute atomic E-state index is 0.119. The Morgan fingerprint density at radius 3 is 2.25 bits per heavy atom. The van der Waals surface area contributed by atoms with Crippen molar-refractivity contribution >= 4 is 8.60 Å². The van der Waals surface area contributed by atoms with Crippen LogP contribution in [0.15, 0.2) is 0 Å². The van der Waals surface area contributed by atoms with E-state index in [9.17, 15) is 0 Å². The molecule has 3 nitrogen and oxygen atoms in total. The van der Waals surface area contributed by atoms with Crippen molar-refractivity contribution in [3.8, 4) is 0 Å². The molecule has 8 heavy (non-hydrogen) atoms. The molecule has 0 radical (unpaired) electrons. The second-order valence-electron chi connectivity index (χ2n) is 2.17. The van der Waals surface area contributed by atoms with Gasteiger partial charge in [0.25, 0.3) is 0 Å². The van der Waals surface area contributed by atoms with Crippen LogP contribution in [-0.4, -0.2) is 11.9 Å². The highest BCUT2D eigenvalue weighted by Gasteiger charge is 2.59. The van der Waals surface area contributed by atoms with Gasteiger partial charge in [-0.15, -0.1) is 0 Å². The van der Waals surface area contributed by atoms with Gasteiger partial charge in [-0.1, -0.05) is 0 Å². The molecule has 0 N–H and O–H groups in total. The standard InChI is InChI=1S/C4H7O3P/c1-3-4(2)6-8(5-3)7-4/h3H,1-2H3. The fraction of sp³-hybridized carbons (Fsp3) is 1.00. The van der Waals surface area contributed by atoms with Crippen LogP contribution in [0.4, 0.5) is 0 Å². The van der Waals surface area contributed by atoms with Crippen LogP contribution in [0.1, 0.15) is 13.8 Å². The Morgan fingerprint density at radius 1 is 1.50 bits per heavy atom. The molecular weight excluding hydrogens is 127 g/mol. The molecule has 0 aromatic carbocycles. The molecule has 4 heteroatoms. The molecule has 46 valence electrons. The molecule has 3 heterocycles. The van der Waals surface area contributed by atoms with Gasteiger partial charge < -0.3 is 4.52 Å². The maximum absolute atomic E-state index is 5.17. The summed E-state index contributed by atoms with van der Waals surface area (Å²) in [6.07, 6.45) is 0.119. The molecular formula is C4H7O3P. The normalized spacial score (nSPS) is 60.8. The van der Waals surface area contributed by atoms with Crippen molar-refractivity contribution in [1.29, 1.82) is 0 Å².